The van der Waals surface area contributed by atoms with Crippen molar-refractivity contribution >= 4 is 33.5 Å². The summed E-state index contributed by atoms with van der Waals surface area (Å²) in [6.45, 7) is 1.09. The number of nitrogens with two attached hydrogens (primary N) is 1. The van der Waals surface area contributed by atoms with E-state index in [1.807, 2.05) is 0 Å². The number of carbonyl (C=O) groups excluding carboxylic acids is 1. The van der Waals surface area contributed by atoms with Gasteiger partial charge in [0.05, 0.1) is 5.92 Å². The molecule has 138 valence electrons. The molecule has 1 aromatic carbocycles. The second-order valence-corrected chi connectivity index (χ2v) is 8.18. The van der Waals surface area contributed by atoms with E-state index in [0.29, 0.717) is 12.8 Å². The Bertz CT molecular complexity index is 782. The van der Waals surface area contributed by atoms with Crippen LogP contribution in [-0.2, 0) is 19.6 Å². The van der Waals surface area contributed by atoms with E-state index >= 15 is 0 Å². The van der Waals surface area contributed by atoms with Gasteiger partial charge in [-0.2, -0.15) is 4.31 Å². The lowest BCUT2D eigenvalue weighted by atomic mass is 9.96. The van der Waals surface area contributed by atoms with Gasteiger partial charge in [0.25, 0.3) is 5.91 Å². The molecule has 2 unspecified atom stereocenters. The van der Waals surface area contributed by atoms with Gasteiger partial charge in [0.2, 0.25) is 10.0 Å². The van der Waals surface area contributed by atoms with Gasteiger partial charge >= 0.3 is 5.97 Å². The monoisotopic (exact) mass is 390 g/mol. The number of ether oxygens (including phenoxy) is 1. The fraction of sp³-hybridized carbons (Fsp3) is 0.467. The van der Waals surface area contributed by atoms with Crippen molar-refractivity contribution in [1.82, 2.24) is 4.31 Å². The minimum atomic E-state index is -4.07. The van der Waals surface area contributed by atoms with Crippen LogP contribution in [0.1, 0.15) is 19.8 Å². The molecule has 2 atom stereocenters. The molecular formula is C15H19ClN2O6S. The molecule has 25 heavy (non-hydrogen) atoms. The Hall–Kier alpha value is -1.84. The highest BCUT2D eigenvalue weighted by Crippen LogP contribution is 2.34. The maximum absolute atomic E-state index is 13.1. The number of rotatable bonds is 6. The van der Waals surface area contributed by atoms with Crippen LogP contribution in [0, 0.1) is 5.92 Å². The fourth-order valence-electron chi connectivity index (χ4n) is 2.69. The summed E-state index contributed by atoms with van der Waals surface area (Å²) in [5, 5.41) is 9.37. The zero-order chi connectivity index (χ0) is 18.8. The van der Waals surface area contributed by atoms with Crippen LogP contribution in [0.4, 0.5) is 0 Å². The highest BCUT2D eigenvalue weighted by atomic mass is 35.5. The van der Waals surface area contributed by atoms with Crippen molar-refractivity contribution in [2.24, 2.45) is 11.7 Å². The number of amides is 1. The van der Waals surface area contributed by atoms with E-state index in [0.717, 1.165) is 4.31 Å². The number of piperidine rings is 1. The standard InChI is InChI=1S/C15H19ClN2O6S/c1-9-2-3-10(15(20)21)7-18(9)25(22,23)13-6-11(16)4-5-12(13)24-8-14(17)19/h4-6,9-10H,2-3,7-8H2,1H3,(H2,17,19)(H,20,21). The molecule has 0 saturated carbocycles. The van der Waals surface area contributed by atoms with Crippen LogP contribution < -0.4 is 10.5 Å². The molecule has 0 aromatic heterocycles. The minimum Gasteiger partial charge on any atom is -0.482 e. The van der Waals surface area contributed by atoms with Gasteiger partial charge in [0, 0.05) is 17.6 Å². The topological polar surface area (TPSA) is 127 Å². The van der Waals surface area contributed by atoms with E-state index < -0.39 is 34.4 Å². The predicted molar refractivity (Wildman–Crippen MR) is 89.9 cm³/mol. The molecule has 1 saturated heterocycles. The normalized spacial score (nSPS) is 21.7. The Morgan fingerprint density at radius 1 is 1.40 bits per heavy atom. The number of primary amides is 1. The van der Waals surface area contributed by atoms with Crippen molar-refractivity contribution in [3.8, 4) is 5.75 Å². The van der Waals surface area contributed by atoms with E-state index in [-0.39, 0.29) is 28.3 Å². The maximum atomic E-state index is 13.1. The number of hydrogen-bond acceptors (Lipinski definition) is 5. The highest BCUT2D eigenvalue weighted by Gasteiger charge is 2.38. The van der Waals surface area contributed by atoms with Crippen LogP contribution in [0.5, 0.6) is 5.75 Å². The summed E-state index contributed by atoms with van der Waals surface area (Å²) < 4.78 is 32.4. The minimum absolute atomic E-state index is 0.0622. The molecule has 1 aliphatic heterocycles. The molecule has 3 N–H and O–H groups in total. The van der Waals surface area contributed by atoms with Crippen molar-refractivity contribution in [3.05, 3.63) is 23.2 Å². The first-order valence-electron chi connectivity index (χ1n) is 7.58. The molecule has 0 radical (unpaired) electrons. The quantitative estimate of drug-likeness (QED) is 0.748. The van der Waals surface area contributed by atoms with Crippen LogP contribution in [0.25, 0.3) is 0 Å². The van der Waals surface area contributed by atoms with Crippen LogP contribution in [0.15, 0.2) is 23.1 Å². The summed E-state index contributed by atoms with van der Waals surface area (Å²) >= 11 is 5.92. The predicted octanol–water partition coefficient (Wildman–Crippen LogP) is 1.08. The number of carboxylic acid groups (broad SMARTS) is 1. The third kappa shape index (κ3) is 4.42. The Balaban J connectivity index is 2.42. The third-order valence-electron chi connectivity index (χ3n) is 4.04. The Morgan fingerprint density at radius 2 is 2.08 bits per heavy atom. The number of sulfonamides is 1. The fourth-order valence-corrected chi connectivity index (χ4v) is 4.79. The largest absolute Gasteiger partial charge is 0.482 e. The number of nitrogens with zero attached hydrogens (tertiary/aromatic N) is 1. The number of hydrogen-bond donors (Lipinski definition) is 2. The van der Waals surface area contributed by atoms with Crippen LogP contribution in [0.3, 0.4) is 0 Å². The summed E-state index contributed by atoms with van der Waals surface area (Å²) in [6.07, 6.45) is 0.831. The number of aliphatic carboxylic acids is 1. The molecule has 1 fully saturated rings. The van der Waals surface area contributed by atoms with Crippen molar-refractivity contribution < 1.29 is 27.9 Å². The molecule has 8 nitrogen and oxygen atoms in total. The summed E-state index contributed by atoms with van der Waals surface area (Å²) in [4.78, 5) is 21.9. The van der Waals surface area contributed by atoms with E-state index in [2.05, 4.69) is 0 Å². The maximum Gasteiger partial charge on any atom is 0.307 e. The number of halogens is 1. The second-order valence-electron chi connectivity index (χ2n) is 5.88. The number of carboxylic acids is 1. The summed E-state index contributed by atoms with van der Waals surface area (Å²) in [6, 6.07) is 3.60. The molecule has 1 heterocycles. The first-order valence-corrected chi connectivity index (χ1v) is 9.40. The molecular weight excluding hydrogens is 372 g/mol. The Morgan fingerprint density at radius 3 is 2.68 bits per heavy atom. The van der Waals surface area contributed by atoms with Crippen molar-refractivity contribution in [3.63, 3.8) is 0 Å². The lowest BCUT2D eigenvalue weighted by Crippen LogP contribution is -2.47. The number of benzene rings is 1. The summed E-state index contributed by atoms with van der Waals surface area (Å²) in [5.41, 5.74) is 5.03. The third-order valence-corrected chi connectivity index (χ3v) is 6.27. The van der Waals surface area contributed by atoms with Crippen LogP contribution >= 0.6 is 11.6 Å². The lowest BCUT2D eigenvalue weighted by molar-refractivity contribution is -0.143. The molecule has 0 aliphatic carbocycles. The first kappa shape index (κ1) is 19.5. The van der Waals surface area contributed by atoms with Gasteiger partial charge in [-0.05, 0) is 38.0 Å². The van der Waals surface area contributed by atoms with Crippen molar-refractivity contribution in [1.29, 1.82) is 0 Å². The van der Waals surface area contributed by atoms with Gasteiger partial charge < -0.3 is 15.6 Å². The average molecular weight is 391 g/mol. The van der Waals surface area contributed by atoms with Crippen molar-refractivity contribution in [2.45, 2.75) is 30.7 Å². The molecule has 2 rings (SSSR count). The molecule has 1 aromatic rings. The summed E-state index contributed by atoms with van der Waals surface area (Å²) in [7, 11) is -4.07. The van der Waals surface area contributed by atoms with E-state index in [9.17, 15) is 23.1 Å². The molecule has 0 bridgehead atoms. The first-order chi connectivity index (χ1) is 11.6. The Labute approximate surface area is 150 Å². The van der Waals surface area contributed by atoms with E-state index in [1.54, 1.807) is 6.92 Å². The molecule has 0 spiro atoms. The zero-order valence-electron chi connectivity index (χ0n) is 13.5. The van der Waals surface area contributed by atoms with Gasteiger partial charge in [-0.1, -0.05) is 11.6 Å². The lowest BCUT2D eigenvalue weighted by Gasteiger charge is -2.35. The molecule has 1 aliphatic rings. The SMILES string of the molecule is CC1CCC(C(=O)O)CN1S(=O)(=O)c1cc(Cl)ccc1OCC(N)=O. The second kappa shape index (κ2) is 7.59. The zero-order valence-corrected chi connectivity index (χ0v) is 15.1. The van der Waals surface area contributed by atoms with Gasteiger partial charge in [0.15, 0.2) is 6.61 Å². The summed E-state index contributed by atoms with van der Waals surface area (Å²) in [5.74, 6) is -2.63. The van der Waals surface area contributed by atoms with Crippen LogP contribution in [-0.4, -0.2) is 48.9 Å². The van der Waals surface area contributed by atoms with Crippen LogP contribution in [0.2, 0.25) is 5.02 Å². The Kier molecular flexibility index (Phi) is 5.91. The smallest absolute Gasteiger partial charge is 0.307 e. The number of carbonyl (C=O) groups is 2. The van der Waals surface area contributed by atoms with Gasteiger partial charge in [0.1, 0.15) is 10.6 Å². The van der Waals surface area contributed by atoms with Gasteiger partial charge in [-0.25, -0.2) is 8.42 Å². The molecule has 10 heteroatoms. The van der Waals surface area contributed by atoms with Crippen molar-refractivity contribution in [2.75, 3.05) is 13.2 Å². The van der Waals surface area contributed by atoms with Gasteiger partial charge in [-0.3, -0.25) is 9.59 Å². The van der Waals surface area contributed by atoms with E-state index in [1.165, 1.54) is 18.2 Å². The molecule has 1 amide bonds. The van der Waals surface area contributed by atoms with E-state index in [4.69, 9.17) is 22.1 Å². The highest BCUT2D eigenvalue weighted by molar-refractivity contribution is 7.89. The van der Waals surface area contributed by atoms with Gasteiger partial charge in [-0.15, -0.1) is 0 Å². The average Bonchev–Trinajstić information content (AvgIpc) is 2.53.